The van der Waals surface area contributed by atoms with Crippen LogP contribution in [0.15, 0.2) is 34.7 Å². The summed E-state index contributed by atoms with van der Waals surface area (Å²) in [6.07, 6.45) is 0. The lowest BCUT2D eigenvalue weighted by molar-refractivity contribution is -0.121. The Morgan fingerprint density at radius 1 is 1.32 bits per heavy atom. The van der Waals surface area contributed by atoms with Crippen molar-refractivity contribution in [3.05, 3.63) is 36.1 Å². The first-order valence-corrected chi connectivity index (χ1v) is 8.41. The average molecular weight is 367 g/mol. The van der Waals surface area contributed by atoms with Crippen LogP contribution >= 0.6 is 12.4 Å². The van der Waals surface area contributed by atoms with Gasteiger partial charge in [-0.15, -0.1) is 12.4 Å². The summed E-state index contributed by atoms with van der Waals surface area (Å²) in [5, 5.41) is 7.31. The number of hydrazine groups is 1. The van der Waals surface area contributed by atoms with Crippen molar-refractivity contribution < 1.29 is 9.21 Å². The van der Waals surface area contributed by atoms with Crippen molar-refractivity contribution in [3.8, 4) is 0 Å². The summed E-state index contributed by atoms with van der Waals surface area (Å²) in [4.78, 5) is 11.9. The van der Waals surface area contributed by atoms with E-state index in [0.717, 1.165) is 29.8 Å². The molecular weight excluding hydrogens is 340 g/mol. The average Bonchev–Trinajstić information content (AvgIpc) is 3.10. The first-order chi connectivity index (χ1) is 11.4. The quantitative estimate of drug-likeness (QED) is 0.652. The Balaban J connectivity index is 0.00000225. The number of furan rings is 1. The predicted octanol–water partition coefficient (Wildman–Crippen LogP) is 2.12. The lowest BCUT2D eigenvalue weighted by atomic mass is 9.99. The van der Waals surface area contributed by atoms with E-state index in [2.05, 4.69) is 33.6 Å². The molecule has 0 bridgehead atoms. The highest BCUT2D eigenvalue weighted by Gasteiger charge is 2.30. The molecule has 2 atom stereocenters. The highest BCUT2D eigenvalue weighted by molar-refractivity contribution is 5.85. The van der Waals surface area contributed by atoms with Crippen LogP contribution in [-0.4, -0.2) is 31.1 Å². The van der Waals surface area contributed by atoms with Crippen molar-refractivity contribution in [3.63, 3.8) is 0 Å². The highest BCUT2D eigenvalue weighted by Crippen LogP contribution is 2.29. The maximum absolute atomic E-state index is 11.9. The summed E-state index contributed by atoms with van der Waals surface area (Å²) in [5.74, 6) is 1.25. The summed E-state index contributed by atoms with van der Waals surface area (Å²) in [7, 11) is 0. The molecule has 3 rings (SSSR count). The Kier molecular flexibility index (Phi) is 6.46. The van der Waals surface area contributed by atoms with Crippen LogP contribution in [0.4, 0.5) is 0 Å². The van der Waals surface area contributed by atoms with E-state index in [0.29, 0.717) is 12.5 Å². The van der Waals surface area contributed by atoms with Gasteiger partial charge < -0.3 is 15.1 Å². The van der Waals surface area contributed by atoms with Crippen LogP contribution in [-0.2, 0) is 4.79 Å². The molecule has 2 unspecified atom stereocenters. The standard InChI is InChI=1S/C18H26N4O2.ClH/c1-18(2,3)21-16(23)11-19-9-13-10-20-22-17(13)15-8-12-6-4-5-7-14(12)24-15;/h4-8,13,17,19-20,22H,9-11H2,1-3H3,(H,21,23);1H. The third-order valence-electron chi connectivity index (χ3n) is 4.05. The van der Waals surface area contributed by atoms with Crippen LogP contribution in [0.3, 0.4) is 0 Å². The van der Waals surface area contributed by atoms with Crippen LogP contribution in [0.5, 0.6) is 0 Å². The molecule has 7 heteroatoms. The first kappa shape index (κ1) is 19.7. The second-order valence-corrected chi connectivity index (χ2v) is 7.38. The molecule has 138 valence electrons. The Bertz CT molecular complexity index is 677. The zero-order valence-corrected chi connectivity index (χ0v) is 15.7. The monoisotopic (exact) mass is 366 g/mol. The van der Waals surface area contributed by atoms with Gasteiger partial charge in [-0.1, -0.05) is 18.2 Å². The van der Waals surface area contributed by atoms with Crippen molar-refractivity contribution in [2.45, 2.75) is 32.4 Å². The summed E-state index contributed by atoms with van der Waals surface area (Å²) in [5.41, 5.74) is 7.17. The minimum atomic E-state index is -0.202. The summed E-state index contributed by atoms with van der Waals surface area (Å²) in [6.45, 7) is 7.82. The number of nitrogens with one attached hydrogen (secondary N) is 4. The SMILES string of the molecule is CC(C)(C)NC(=O)CNCC1CNNC1c1cc2ccccc2o1.Cl. The fourth-order valence-electron chi connectivity index (χ4n) is 3.02. The van der Waals surface area contributed by atoms with Crippen LogP contribution in [0.1, 0.15) is 32.6 Å². The van der Waals surface area contributed by atoms with Crippen molar-refractivity contribution >= 4 is 29.3 Å². The van der Waals surface area contributed by atoms with Gasteiger partial charge in [0.15, 0.2) is 0 Å². The van der Waals surface area contributed by atoms with E-state index in [1.807, 2.05) is 39.0 Å². The third-order valence-corrected chi connectivity index (χ3v) is 4.05. The lowest BCUT2D eigenvalue weighted by Crippen LogP contribution is -2.45. The molecule has 1 fully saturated rings. The van der Waals surface area contributed by atoms with Gasteiger partial charge >= 0.3 is 0 Å². The van der Waals surface area contributed by atoms with Crippen molar-refractivity contribution in [2.24, 2.45) is 5.92 Å². The number of amides is 1. The van der Waals surface area contributed by atoms with Crippen molar-refractivity contribution in [2.75, 3.05) is 19.6 Å². The van der Waals surface area contributed by atoms with Gasteiger partial charge in [0, 0.05) is 29.9 Å². The van der Waals surface area contributed by atoms with Gasteiger partial charge in [0.25, 0.3) is 0 Å². The summed E-state index contributed by atoms with van der Waals surface area (Å²) < 4.78 is 5.97. The zero-order valence-electron chi connectivity index (χ0n) is 14.9. The van der Waals surface area contributed by atoms with E-state index < -0.39 is 0 Å². The van der Waals surface area contributed by atoms with Crippen LogP contribution in [0, 0.1) is 5.92 Å². The fourth-order valence-corrected chi connectivity index (χ4v) is 3.02. The molecule has 0 spiro atoms. The predicted molar refractivity (Wildman–Crippen MR) is 102 cm³/mol. The molecule has 2 heterocycles. The molecule has 1 aliphatic rings. The van der Waals surface area contributed by atoms with Crippen LogP contribution < -0.4 is 21.5 Å². The number of fused-ring (bicyclic) bond motifs is 1. The van der Waals surface area contributed by atoms with E-state index in [9.17, 15) is 4.79 Å². The first-order valence-electron chi connectivity index (χ1n) is 8.41. The summed E-state index contributed by atoms with van der Waals surface area (Å²) >= 11 is 0. The second-order valence-electron chi connectivity index (χ2n) is 7.38. The topological polar surface area (TPSA) is 78.3 Å². The molecule has 0 saturated carbocycles. The van der Waals surface area contributed by atoms with Gasteiger partial charge in [-0.3, -0.25) is 10.2 Å². The molecule has 1 aromatic heterocycles. The van der Waals surface area contributed by atoms with Gasteiger partial charge in [0.1, 0.15) is 11.3 Å². The molecule has 25 heavy (non-hydrogen) atoms. The fraction of sp³-hybridized carbons (Fsp3) is 0.500. The Morgan fingerprint density at radius 2 is 2.08 bits per heavy atom. The van der Waals surface area contributed by atoms with E-state index in [1.165, 1.54) is 0 Å². The van der Waals surface area contributed by atoms with E-state index in [4.69, 9.17) is 4.42 Å². The van der Waals surface area contributed by atoms with Crippen molar-refractivity contribution in [1.82, 2.24) is 21.5 Å². The Morgan fingerprint density at radius 3 is 2.80 bits per heavy atom. The van der Waals surface area contributed by atoms with Gasteiger partial charge in [0.2, 0.25) is 5.91 Å². The summed E-state index contributed by atoms with van der Waals surface area (Å²) in [6, 6.07) is 10.2. The largest absolute Gasteiger partial charge is 0.459 e. The third kappa shape index (κ3) is 5.19. The van der Waals surface area contributed by atoms with Gasteiger partial charge in [-0.25, -0.2) is 5.43 Å². The molecule has 2 aromatic rings. The number of carbonyl (C=O) groups is 1. The number of halogens is 1. The number of carbonyl (C=O) groups excluding carboxylic acids is 1. The minimum Gasteiger partial charge on any atom is -0.459 e. The van der Waals surface area contributed by atoms with E-state index in [-0.39, 0.29) is 29.9 Å². The molecule has 0 aliphatic carbocycles. The number of rotatable bonds is 5. The maximum Gasteiger partial charge on any atom is 0.234 e. The molecule has 1 aliphatic heterocycles. The van der Waals surface area contributed by atoms with Crippen LogP contribution in [0.25, 0.3) is 11.0 Å². The smallest absolute Gasteiger partial charge is 0.234 e. The molecular formula is C18H27ClN4O2. The Labute approximate surface area is 154 Å². The second kappa shape index (κ2) is 8.19. The number of benzene rings is 1. The van der Waals surface area contributed by atoms with E-state index >= 15 is 0 Å². The molecule has 1 amide bonds. The van der Waals surface area contributed by atoms with Gasteiger partial charge in [-0.05, 0) is 32.9 Å². The Hall–Kier alpha value is -1.60. The number of hydrogen-bond donors (Lipinski definition) is 4. The molecule has 6 nitrogen and oxygen atoms in total. The van der Waals surface area contributed by atoms with Crippen LogP contribution in [0.2, 0.25) is 0 Å². The molecule has 1 saturated heterocycles. The number of hydrogen-bond acceptors (Lipinski definition) is 5. The van der Waals surface area contributed by atoms with Crippen molar-refractivity contribution in [1.29, 1.82) is 0 Å². The lowest BCUT2D eigenvalue weighted by Gasteiger charge is -2.21. The maximum atomic E-state index is 11.9. The molecule has 1 aromatic carbocycles. The minimum absolute atomic E-state index is 0. The normalized spacial score (nSPS) is 20.4. The molecule has 0 radical (unpaired) electrons. The number of para-hydroxylation sites is 1. The van der Waals surface area contributed by atoms with Gasteiger partial charge in [0.05, 0.1) is 12.6 Å². The molecule has 4 N–H and O–H groups in total. The zero-order chi connectivity index (χ0) is 17.2. The van der Waals surface area contributed by atoms with E-state index in [1.54, 1.807) is 0 Å². The van der Waals surface area contributed by atoms with Gasteiger partial charge in [-0.2, -0.15) is 0 Å². The highest BCUT2D eigenvalue weighted by atomic mass is 35.5.